The van der Waals surface area contributed by atoms with E-state index >= 15 is 0 Å². The van der Waals surface area contributed by atoms with Gasteiger partial charge in [0.05, 0.1) is 35.1 Å². The molecule has 48 heavy (non-hydrogen) atoms. The fourth-order valence-corrected chi connectivity index (χ4v) is 7.54. The van der Waals surface area contributed by atoms with Gasteiger partial charge in [0, 0.05) is 41.3 Å². The number of benzene rings is 3. The van der Waals surface area contributed by atoms with Crippen LogP contribution in [-0.2, 0) is 20.9 Å². The summed E-state index contributed by atoms with van der Waals surface area (Å²) in [6, 6.07) is 24.1. The molecule has 2 aliphatic heterocycles. The van der Waals surface area contributed by atoms with Gasteiger partial charge in [-0.15, -0.1) is 0 Å². The highest BCUT2D eigenvalue weighted by molar-refractivity contribution is 7.07. The molecule has 1 atom stereocenters. The first-order valence-corrected chi connectivity index (χ1v) is 17.1. The van der Waals surface area contributed by atoms with Crippen LogP contribution in [0.25, 0.3) is 22.7 Å². The number of hydrogen-bond acceptors (Lipinski definition) is 7. The molecule has 0 bridgehead atoms. The normalized spacial score (nSPS) is 16.2. The molecule has 0 N–H and O–H groups in total. The fraction of sp³-hybridized carbons (Fsp3) is 0.263. The van der Waals surface area contributed by atoms with E-state index in [0.29, 0.717) is 33.0 Å². The molecule has 1 amide bonds. The molecule has 0 saturated carbocycles. The van der Waals surface area contributed by atoms with Crippen molar-refractivity contribution in [1.82, 2.24) is 14.0 Å². The van der Waals surface area contributed by atoms with Crippen LogP contribution in [0.2, 0.25) is 0 Å². The number of thiazole rings is 1. The predicted octanol–water partition coefficient (Wildman–Crippen LogP) is 4.91. The monoisotopic (exact) mass is 660 g/mol. The summed E-state index contributed by atoms with van der Waals surface area (Å²) in [4.78, 5) is 48.7. The van der Waals surface area contributed by atoms with Crippen LogP contribution in [0.1, 0.15) is 49.4 Å². The number of likely N-dealkylation sites (tertiary alicyclic amines) is 1. The van der Waals surface area contributed by atoms with Crippen molar-refractivity contribution in [3.05, 3.63) is 127 Å². The van der Waals surface area contributed by atoms with Crippen LogP contribution in [0.15, 0.2) is 100 Å². The molecule has 0 unspecified atom stereocenters. The van der Waals surface area contributed by atoms with Crippen molar-refractivity contribution in [3.63, 3.8) is 0 Å². The van der Waals surface area contributed by atoms with Crippen molar-refractivity contribution < 1.29 is 19.1 Å². The number of amides is 1. The Morgan fingerprint density at radius 2 is 1.67 bits per heavy atom. The maximum Gasteiger partial charge on any atom is 0.338 e. The lowest BCUT2D eigenvalue weighted by Gasteiger charge is -2.26. The van der Waals surface area contributed by atoms with Gasteiger partial charge in [-0.05, 0) is 56.5 Å². The zero-order chi connectivity index (χ0) is 33.2. The third kappa shape index (κ3) is 5.88. The Balaban J connectivity index is 1.41. The minimum absolute atomic E-state index is 0.0921. The van der Waals surface area contributed by atoms with Crippen molar-refractivity contribution in [2.45, 2.75) is 39.3 Å². The second kappa shape index (κ2) is 13.5. The number of esters is 1. The van der Waals surface area contributed by atoms with E-state index in [1.807, 2.05) is 108 Å². The second-order valence-electron chi connectivity index (χ2n) is 11.8. The molecule has 1 fully saturated rings. The van der Waals surface area contributed by atoms with Crippen LogP contribution in [-0.4, -0.2) is 52.2 Å². The molecule has 0 aliphatic carbocycles. The van der Waals surface area contributed by atoms with E-state index in [-0.39, 0.29) is 24.6 Å². The number of aromatic nitrogens is 2. The first kappa shape index (κ1) is 31.4. The van der Waals surface area contributed by atoms with Gasteiger partial charge in [-0.3, -0.25) is 14.2 Å². The summed E-state index contributed by atoms with van der Waals surface area (Å²) >= 11 is 1.28. The molecule has 3 aromatic carbocycles. The molecule has 10 heteroatoms. The highest BCUT2D eigenvalue weighted by Crippen LogP contribution is 2.36. The van der Waals surface area contributed by atoms with E-state index in [1.165, 1.54) is 11.3 Å². The SMILES string of the molecule is CCOC(=O)C1=C(c2ccccc2)N=c2s/c(=C\c3cn(CC(=O)N4CCCC4)c4ccccc34)c(=O)n2[C@H]1c1ccc(OCC)cc1. The average molecular weight is 661 g/mol. The summed E-state index contributed by atoms with van der Waals surface area (Å²) in [5.74, 6) is 0.256. The first-order chi connectivity index (χ1) is 23.5. The highest BCUT2D eigenvalue weighted by Gasteiger charge is 2.35. The van der Waals surface area contributed by atoms with E-state index in [2.05, 4.69) is 0 Å². The van der Waals surface area contributed by atoms with Crippen molar-refractivity contribution in [2.24, 2.45) is 4.99 Å². The van der Waals surface area contributed by atoms with E-state index in [0.717, 1.165) is 53.5 Å². The minimum Gasteiger partial charge on any atom is -0.494 e. The molecule has 0 spiro atoms. The van der Waals surface area contributed by atoms with Gasteiger partial charge in [0.2, 0.25) is 5.91 Å². The van der Waals surface area contributed by atoms with Crippen LogP contribution in [0, 0.1) is 0 Å². The number of hydrogen-bond donors (Lipinski definition) is 0. The average Bonchev–Trinajstić information content (AvgIpc) is 3.84. The topological polar surface area (TPSA) is 95.1 Å². The van der Waals surface area contributed by atoms with Gasteiger partial charge in [-0.25, -0.2) is 9.79 Å². The van der Waals surface area contributed by atoms with Crippen LogP contribution in [0.3, 0.4) is 0 Å². The molecule has 7 rings (SSSR count). The Morgan fingerprint density at radius 3 is 2.40 bits per heavy atom. The second-order valence-corrected chi connectivity index (χ2v) is 12.8. The molecular weight excluding hydrogens is 625 g/mol. The number of nitrogens with zero attached hydrogens (tertiary/aromatic N) is 4. The summed E-state index contributed by atoms with van der Waals surface area (Å²) in [6.07, 6.45) is 5.88. The Hall–Kier alpha value is -5.22. The Labute approximate surface area is 281 Å². The van der Waals surface area contributed by atoms with Crippen LogP contribution in [0.5, 0.6) is 5.75 Å². The van der Waals surface area contributed by atoms with E-state index in [4.69, 9.17) is 14.5 Å². The van der Waals surface area contributed by atoms with Crippen molar-refractivity contribution in [2.75, 3.05) is 26.3 Å². The highest BCUT2D eigenvalue weighted by atomic mass is 32.1. The van der Waals surface area contributed by atoms with Gasteiger partial charge in [0.1, 0.15) is 12.3 Å². The maximum atomic E-state index is 14.5. The maximum absolute atomic E-state index is 14.5. The van der Waals surface area contributed by atoms with E-state index in [9.17, 15) is 14.4 Å². The third-order valence-electron chi connectivity index (χ3n) is 8.75. The zero-order valence-electron chi connectivity index (χ0n) is 26.9. The lowest BCUT2D eigenvalue weighted by atomic mass is 9.93. The number of fused-ring (bicyclic) bond motifs is 2. The van der Waals surface area contributed by atoms with Gasteiger partial charge in [-0.1, -0.05) is 72.0 Å². The molecule has 2 aromatic heterocycles. The summed E-state index contributed by atoms with van der Waals surface area (Å²) in [7, 11) is 0. The summed E-state index contributed by atoms with van der Waals surface area (Å²) in [5, 5.41) is 0.942. The molecule has 9 nitrogen and oxygen atoms in total. The minimum atomic E-state index is -0.784. The lowest BCUT2D eigenvalue weighted by molar-refractivity contribution is -0.139. The molecule has 5 aromatic rings. The van der Waals surface area contributed by atoms with Crippen LogP contribution >= 0.6 is 11.3 Å². The predicted molar refractivity (Wildman–Crippen MR) is 186 cm³/mol. The van der Waals surface area contributed by atoms with Crippen LogP contribution < -0.4 is 19.6 Å². The number of ether oxygens (including phenoxy) is 2. The standard InChI is InChI=1S/C38H36N4O5S/c1-3-46-28-18-16-26(17-19-28)35-33(37(45)47-4-2)34(25-12-6-5-7-13-25)39-38-42(35)36(44)31(48-38)22-27-23-41(30-15-9-8-14-29(27)30)24-32(43)40-20-10-11-21-40/h5-9,12-19,22-23,35H,3-4,10-11,20-21,24H2,1-2H3/b31-22-/t35-/m0/s1. The molecule has 0 radical (unpaired) electrons. The number of rotatable bonds is 9. The van der Waals surface area contributed by atoms with Gasteiger partial charge in [-0.2, -0.15) is 0 Å². The van der Waals surface area contributed by atoms with E-state index in [1.54, 1.807) is 11.5 Å². The molecule has 2 aliphatic rings. The molecule has 1 saturated heterocycles. The van der Waals surface area contributed by atoms with Gasteiger partial charge in [0.25, 0.3) is 5.56 Å². The summed E-state index contributed by atoms with van der Waals surface area (Å²) < 4.78 is 15.3. The van der Waals surface area contributed by atoms with Crippen molar-refractivity contribution >= 4 is 45.9 Å². The van der Waals surface area contributed by atoms with Gasteiger partial charge < -0.3 is 18.9 Å². The van der Waals surface area contributed by atoms with Gasteiger partial charge in [0.15, 0.2) is 4.80 Å². The quantitative estimate of drug-likeness (QED) is 0.210. The Morgan fingerprint density at radius 1 is 0.938 bits per heavy atom. The molecule has 4 heterocycles. The molecular formula is C38H36N4O5S. The fourth-order valence-electron chi connectivity index (χ4n) is 6.54. The summed E-state index contributed by atoms with van der Waals surface area (Å²) in [6.45, 7) is 6.19. The number of para-hydroxylation sites is 1. The first-order valence-electron chi connectivity index (χ1n) is 16.3. The summed E-state index contributed by atoms with van der Waals surface area (Å²) in [5.41, 5.74) is 3.73. The number of carbonyl (C=O) groups is 2. The molecule has 244 valence electrons. The Kier molecular flexibility index (Phi) is 8.82. The van der Waals surface area contributed by atoms with Crippen molar-refractivity contribution in [3.8, 4) is 5.75 Å². The van der Waals surface area contributed by atoms with E-state index < -0.39 is 12.0 Å². The number of carbonyl (C=O) groups excluding carboxylic acids is 2. The smallest absolute Gasteiger partial charge is 0.338 e. The van der Waals surface area contributed by atoms with Gasteiger partial charge >= 0.3 is 5.97 Å². The van der Waals surface area contributed by atoms with Crippen molar-refractivity contribution in [1.29, 1.82) is 0 Å². The van der Waals surface area contributed by atoms with Crippen LogP contribution in [0.4, 0.5) is 0 Å². The third-order valence-corrected chi connectivity index (χ3v) is 9.73. The lowest BCUT2D eigenvalue weighted by Crippen LogP contribution is -2.40. The zero-order valence-corrected chi connectivity index (χ0v) is 27.7. The Bertz CT molecular complexity index is 2210. The largest absolute Gasteiger partial charge is 0.494 e.